The highest BCUT2D eigenvalue weighted by Gasteiger charge is 2.21. The van der Waals surface area contributed by atoms with Crippen LogP contribution in [0, 0.1) is 5.82 Å². The summed E-state index contributed by atoms with van der Waals surface area (Å²) in [5, 5.41) is 5.46. The lowest BCUT2D eigenvalue weighted by atomic mass is 10.2. The van der Waals surface area contributed by atoms with Gasteiger partial charge in [-0.25, -0.2) is 12.8 Å². The standard InChI is InChI=1S/C12H16BrFN2O3S.ClH/c1-15-4-3-5-16-12(17)9-6-8(13)7-10(11(9)14)20(2,18)19;/h6-7,15H,3-5H2,1-2H3,(H,16,17);1H. The first kappa shape index (κ1) is 20.3. The molecule has 0 heterocycles. The molecule has 1 aromatic carbocycles. The van der Waals surface area contributed by atoms with Crippen LogP contribution in [0.5, 0.6) is 0 Å². The van der Waals surface area contributed by atoms with Gasteiger partial charge in [0.1, 0.15) is 4.90 Å². The fraction of sp³-hybridized carbons (Fsp3) is 0.417. The first-order valence-corrected chi connectivity index (χ1v) is 8.57. The van der Waals surface area contributed by atoms with E-state index in [0.717, 1.165) is 18.9 Å². The Morgan fingerprint density at radius 3 is 2.48 bits per heavy atom. The van der Waals surface area contributed by atoms with Crippen LogP contribution in [-0.2, 0) is 9.84 Å². The second kappa shape index (κ2) is 8.67. The molecule has 0 aromatic heterocycles. The van der Waals surface area contributed by atoms with Crippen LogP contribution in [0.1, 0.15) is 16.8 Å². The topological polar surface area (TPSA) is 75.3 Å². The Bertz CT molecular complexity index is 611. The average molecular weight is 404 g/mol. The fourth-order valence-electron chi connectivity index (χ4n) is 1.56. The SMILES string of the molecule is CNCCCNC(=O)c1cc(Br)cc(S(C)(=O)=O)c1F.Cl. The lowest BCUT2D eigenvalue weighted by Crippen LogP contribution is -2.27. The van der Waals surface area contributed by atoms with E-state index < -0.39 is 26.5 Å². The normalized spacial score (nSPS) is 10.9. The van der Waals surface area contributed by atoms with Gasteiger partial charge in [-0.1, -0.05) is 15.9 Å². The Balaban J connectivity index is 0.00000400. The molecule has 2 N–H and O–H groups in total. The van der Waals surface area contributed by atoms with Gasteiger partial charge in [-0.3, -0.25) is 4.79 Å². The number of sulfone groups is 1. The molecule has 0 bridgehead atoms. The number of hydrogen-bond acceptors (Lipinski definition) is 4. The Labute approximate surface area is 138 Å². The molecule has 1 rings (SSSR count). The Morgan fingerprint density at radius 1 is 1.33 bits per heavy atom. The Morgan fingerprint density at radius 2 is 1.95 bits per heavy atom. The molecule has 0 saturated heterocycles. The van der Waals surface area contributed by atoms with Gasteiger partial charge in [0, 0.05) is 17.3 Å². The van der Waals surface area contributed by atoms with E-state index in [2.05, 4.69) is 26.6 Å². The van der Waals surface area contributed by atoms with Crippen molar-refractivity contribution in [3.05, 3.63) is 28.0 Å². The molecule has 0 aliphatic carbocycles. The van der Waals surface area contributed by atoms with Crippen molar-refractivity contribution in [3.8, 4) is 0 Å². The second-order valence-corrected chi connectivity index (χ2v) is 7.15. The smallest absolute Gasteiger partial charge is 0.254 e. The number of rotatable bonds is 6. The molecule has 1 amide bonds. The highest BCUT2D eigenvalue weighted by atomic mass is 79.9. The minimum absolute atomic E-state index is 0. The summed E-state index contributed by atoms with van der Waals surface area (Å²) in [5.41, 5.74) is -0.288. The molecule has 9 heteroatoms. The molecule has 120 valence electrons. The van der Waals surface area contributed by atoms with Gasteiger partial charge < -0.3 is 10.6 Å². The van der Waals surface area contributed by atoms with Crippen LogP contribution < -0.4 is 10.6 Å². The summed E-state index contributed by atoms with van der Waals surface area (Å²) in [6.45, 7) is 1.09. The summed E-state index contributed by atoms with van der Waals surface area (Å²) in [4.78, 5) is 11.4. The van der Waals surface area contributed by atoms with E-state index in [0.29, 0.717) is 17.4 Å². The van der Waals surface area contributed by atoms with E-state index >= 15 is 0 Å². The maximum atomic E-state index is 14.1. The van der Waals surface area contributed by atoms with E-state index in [1.165, 1.54) is 6.07 Å². The lowest BCUT2D eigenvalue weighted by Gasteiger charge is -2.09. The molecule has 0 saturated carbocycles. The zero-order valence-electron chi connectivity index (χ0n) is 11.6. The van der Waals surface area contributed by atoms with Crippen molar-refractivity contribution in [3.63, 3.8) is 0 Å². The van der Waals surface area contributed by atoms with Crippen LogP contribution in [0.25, 0.3) is 0 Å². The number of carbonyl (C=O) groups is 1. The zero-order valence-corrected chi connectivity index (χ0v) is 14.8. The Hall–Kier alpha value is -0.700. The molecule has 0 unspecified atom stereocenters. The molecule has 0 atom stereocenters. The third-order valence-corrected chi connectivity index (χ3v) is 4.09. The summed E-state index contributed by atoms with van der Waals surface area (Å²) in [6, 6.07) is 2.40. The Kier molecular flexibility index (Phi) is 8.38. The minimum atomic E-state index is -3.74. The van der Waals surface area contributed by atoms with Gasteiger partial charge in [-0.05, 0) is 32.1 Å². The van der Waals surface area contributed by atoms with E-state index in [1.807, 2.05) is 0 Å². The van der Waals surface area contributed by atoms with Gasteiger partial charge in [0.15, 0.2) is 15.7 Å². The van der Waals surface area contributed by atoms with E-state index in [1.54, 1.807) is 7.05 Å². The van der Waals surface area contributed by atoms with Gasteiger partial charge in [0.05, 0.1) is 5.56 Å². The van der Waals surface area contributed by atoms with Crippen molar-refractivity contribution in [1.29, 1.82) is 0 Å². The van der Waals surface area contributed by atoms with Crippen molar-refractivity contribution in [1.82, 2.24) is 10.6 Å². The van der Waals surface area contributed by atoms with Gasteiger partial charge in [-0.15, -0.1) is 12.4 Å². The molecule has 0 aliphatic rings. The van der Waals surface area contributed by atoms with Crippen molar-refractivity contribution < 1.29 is 17.6 Å². The molecule has 5 nitrogen and oxygen atoms in total. The van der Waals surface area contributed by atoms with Crippen molar-refractivity contribution in [2.45, 2.75) is 11.3 Å². The van der Waals surface area contributed by atoms with E-state index in [4.69, 9.17) is 0 Å². The minimum Gasteiger partial charge on any atom is -0.352 e. The predicted molar refractivity (Wildman–Crippen MR) is 85.3 cm³/mol. The number of nitrogens with one attached hydrogen (secondary N) is 2. The maximum Gasteiger partial charge on any atom is 0.254 e. The number of carbonyl (C=O) groups excluding carboxylic acids is 1. The van der Waals surface area contributed by atoms with Gasteiger partial charge in [0.25, 0.3) is 5.91 Å². The lowest BCUT2D eigenvalue weighted by molar-refractivity contribution is 0.0948. The largest absolute Gasteiger partial charge is 0.352 e. The van der Waals surface area contributed by atoms with Crippen molar-refractivity contribution in [2.75, 3.05) is 26.4 Å². The third-order valence-electron chi connectivity index (χ3n) is 2.54. The molecule has 21 heavy (non-hydrogen) atoms. The van der Waals surface area contributed by atoms with Crippen LogP contribution in [0.4, 0.5) is 4.39 Å². The molecule has 0 aliphatic heterocycles. The second-order valence-electron chi connectivity index (χ2n) is 4.25. The van der Waals surface area contributed by atoms with Crippen molar-refractivity contribution >= 4 is 44.1 Å². The summed E-state index contributed by atoms with van der Waals surface area (Å²) < 4.78 is 37.4. The van der Waals surface area contributed by atoms with Gasteiger partial charge >= 0.3 is 0 Å². The van der Waals surface area contributed by atoms with E-state index in [-0.39, 0.29) is 18.0 Å². The first-order chi connectivity index (χ1) is 9.27. The monoisotopic (exact) mass is 402 g/mol. The predicted octanol–water partition coefficient (Wildman–Crippen LogP) is 1.75. The number of benzene rings is 1. The number of hydrogen-bond donors (Lipinski definition) is 2. The number of amides is 1. The first-order valence-electron chi connectivity index (χ1n) is 5.89. The fourth-order valence-corrected chi connectivity index (χ4v) is 2.95. The van der Waals surface area contributed by atoms with Gasteiger partial charge in [0.2, 0.25) is 0 Å². The van der Waals surface area contributed by atoms with Crippen LogP contribution in [0.3, 0.4) is 0 Å². The van der Waals surface area contributed by atoms with Gasteiger partial charge in [-0.2, -0.15) is 0 Å². The van der Waals surface area contributed by atoms with Crippen LogP contribution in [0.15, 0.2) is 21.5 Å². The van der Waals surface area contributed by atoms with Crippen molar-refractivity contribution in [2.24, 2.45) is 0 Å². The molecule has 1 aromatic rings. The summed E-state index contributed by atoms with van der Waals surface area (Å²) in [5.74, 6) is -1.66. The highest BCUT2D eigenvalue weighted by Crippen LogP contribution is 2.24. The molecule has 0 fully saturated rings. The third kappa shape index (κ3) is 5.90. The maximum absolute atomic E-state index is 14.1. The summed E-state index contributed by atoms with van der Waals surface area (Å²) in [7, 11) is -1.95. The molecular weight excluding hydrogens is 387 g/mol. The highest BCUT2D eigenvalue weighted by molar-refractivity contribution is 9.10. The summed E-state index contributed by atoms with van der Waals surface area (Å²) >= 11 is 3.08. The van der Waals surface area contributed by atoms with E-state index in [9.17, 15) is 17.6 Å². The van der Waals surface area contributed by atoms with Crippen LogP contribution in [0.2, 0.25) is 0 Å². The zero-order chi connectivity index (χ0) is 15.3. The quantitative estimate of drug-likeness (QED) is 0.710. The van der Waals surface area contributed by atoms with Crippen LogP contribution in [-0.4, -0.2) is 40.7 Å². The van der Waals surface area contributed by atoms with Crippen LogP contribution >= 0.6 is 28.3 Å². The summed E-state index contributed by atoms with van der Waals surface area (Å²) in [6.07, 6.45) is 1.59. The average Bonchev–Trinajstić information content (AvgIpc) is 2.35. The molecule has 0 radical (unpaired) electrons. The molecule has 0 spiro atoms. The number of halogens is 3. The molecular formula is C12H17BrClFN2O3S.